The van der Waals surface area contributed by atoms with Gasteiger partial charge in [0, 0.05) is 37.8 Å². The number of nitrogens with one attached hydrogen (secondary N) is 2. The molecule has 0 radical (unpaired) electrons. The predicted octanol–water partition coefficient (Wildman–Crippen LogP) is 3.55. The van der Waals surface area contributed by atoms with Crippen LogP contribution in [0.25, 0.3) is 0 Å². The first-order valence-corrected chi connectivity index (χ1v) is 9.40. The van der Waals surface area contributed by atoms with Crippen molar-refractivity contribution in [2.45, 2.75) is 33.2 Å². The van der Waals surface area contributed by atoms with Gasteiger partial charge < -0.3 is 15.5 Å². The third-order valence-electron chi connectivity index (χ3n) is 4.07. The van der Waals surface area contributed by atoms with Gasteiger partial charge in [-0.1, -0.05) is 35.9 Å². The average molecular weight is 380 g/mol. The smallest absolute Gasteiger partial charge is 0.267 e. The van der Waals surface area contributed by atoms with Gasteiger partial charge >= 0.3 is 0 Å². The first kappa shape index (κ1) is 21.2. The van der Waals surface area contributed by atoms with Gasteiger partial charge in [0.1, 0.15) is 5.70 Å². The number of hydrogen-bond acceptors (Lipinski definition) is 3. The van der Waals surface area contributed by atoms with Crippen LogP contribution in [0.2, 0.25) is 0 Å². The van der Waals surface area contributed by atoms with Crippen molar-refractivity contribution in [3.8, 4) is 0 Å². The van der Waals surface area contributed by atoms with Crippen LogP contribution in [0.4, 0.5) is 0 Å². The number of carbonyl (C=O) groups is 2. The minimum atomic E-state index is -0.0453. The Labute approximate surface area is 167 Å². The van der Waals surface area contributed by atoms with Crippen LogP contribution in [-0.4, -0.2) is 36.9 Å². The highest BCUT2D eigenvalue weighted by molar-refractivity contribution is 5.94. The number of benzene rings is 1. The van der Waals surface area contributed by atoms with E-state index in [2.05, 4.69) is 29.7 Å². The third kappa shape index (κ3) is 6.27. The van der Waals surface area contributed by atoms with E-state index in [0.29, 0.717) is 5.70 Å². The zero-order valence-electron chi connectivity index (χ0n) is 17.2. The van der Waals surface area contributed by atoms with Crippen LogP contribution in [0.1, 0.15) is 37.6 Å². The fourth-order valence-corrected chi connectivity index (χ4v) is 2.78. The molecular weight excluding hydrogens is 350 g/mol. The molecule has 0 fully saturated rings. The average Bonchev–Trinajstić information content (AvgIpc) is 2.78. The first-order chi connectivity index (χ1) is 13.3. The van der Waals surface area contributed by atoms with Crippen molar-refractivity contribution in [2.24, 2.45) is 0 Å². The summed E-state index contributed by atoms with van der Waals surface area (Å²) in [7, 11) is 3.49. The van der Waals surface area contributed by atoms with Gasteiger partial charge in [0.15, 0.2) is 0 Å². The summed E-state index contributed by atoms with van der Waals surface area (Å²) in [6, 6.07) is 9.38. The lowest BCUT2D eigenvalue weighted by Crippen LogP contribution is -2.37. The highest BCUT2D eigenvalue weighted by Gasteiger charge is 2.18. The fraction of sp³-hybridized carbons (Fsp3) is 0.304. The summed E-state index contributed by atoms with van der Waals surface area (Å²) in [5, 5.41) is 6.07. The Morgan fingerprint density at radius 3 is 2.36 bits per heavy atom. The second-order valence-corrected chi connectivity index (χ2v) is 7.38. The molecule has 1 aromatic rings. The van der Waals surface area contributed by atoms with Crippen LogP contribution in [0.15, 0.2) is 77.2 Å². The maximum atomic E-state index is 11.9. The second-order valence-electron chi connectivity index (χ2n) is 7.38. The number of fused-ring (bicyclic) bond motifs is 2. The van der Waals surface area contributed by atoms with E-state index >= 15 is 0 Å². The summed E-state index contributed by atoms with van der Waals surface area (Å²) in [6.07, 6.45) is 9.01. The lowest BCUT2D eigenvalue weighted by Gasteiger charge is -2.20. The molecule has 1 aromatic carbocycles. The van der Waals surface area contributed by atoms with Crippen molar-refractivity contribution in [2.75, 3.05) is 14.1 Å². The third-order valence-corrected chi connectivity index (χ3v) is 4.07. The second kappa shape index (κ2) is 9.74. The van der Waals surface area contributed by atoms with Gasteiger partial charge in [-0.15, -0.1) is 0 Å². The highest BCUT2D eigenvalue weighted by atomic mass is 16.2. The van der Waals surface area contributed by atoms with E-state index in [1.54, 1.807) is 19.0 Å². The van der Waals surface area contributed by atoms with Crippen molar-refractivity contribution in [1.29, 1.82) is 0 Å². The Morgan fingerprint density at radius 1 is 1.07 bits per heavy atom. The molecule has 1 heterocycles. The molecule has 2 aliphatic rings. The molecule has 0 saturated carbocycles. The standard InChI is InChI=1S/C14H18N2O.C9H11NO/c1-9(2)15-14(17)13-8-11-6-10(3)4-5-12(7-11)16-13;1-10(2)9(11)8-6-4-3-5-7-8/h4-6,8-9,16H,7H2,1-3H3,(H,15,17);3-7H,1-2H3. The molecule has 2 N–H and O–H groups in total. The maximum Gasteiger partial charge on any atom is 0.267 e. The number of allylic oxidation sites excluding steroid dienone is 6. The molecule has 2 amide bonds. The monoisotopic (exact) mass is 379 g/mol. The number of amides is 2. The van der Waals surface area contributed by atoms with Crippen molar-refractivity contribution < 1.29 is 9.59 Å². The van der Waals surface area contributed by atoms with Crippen molar-refractivity contribution >= 4 is 11.8 Å². The van der Waals surface area contributed by atoms with Crippen molar-refractivity contribution in [3.05, 3.63) is 82.7 Å². The van der Waals surface area contributed by atoms with Gasteiger partial charge in [0.25, 0.3) is 11.8 Å². The van der Waals surface area contributed by atoms with Crippen LogP contribution in [0.5, 0.6) is 0 Å². The molecule has 148 valence electrons. The lowest BCUT2D eigenvalue weighted by atomic mass is 10.0. The summed E-state index contributed by atoms with van der Waals surface area (Å²) >= 11 is 0. The summed E-state index contributed by atoms with van der Waals surface area (Å²) in [6.45, 7) is 5.98. The molecule has 1 aliphatic heterocycles. The van der Waals surface area contributed by atoms with Crippen LogP contribution < -0.4 is 10.6 Å². The minimum Gasteiger partial charge on any atom is -0.354 e. The Bertz CT molecular complexity index is 844. The summed E-state index contributed by atoms with van der Waals surface area (Å²) in [5.74, 6) is 0.00153. The van der Waals surface area contributed by atoms with Crippen LogP contribution in [0.3, 0.4) is 0 Å². The predicted molar refractivity (Wildman–Crippen MR) is 113 cm³/mol. The van der Waals surface area contributed by atoms with E-state index in [0.717, 1.165) is 17.7 Å². The molecule has 0 unspecified atom stereocenters. The topological polar surface area (TPSA) is 61.4 Å². The molecule has 5 heteroatoms. The van der Waals surface area contributed by atoms with Gasteiger partial charge in [-0.3, -0.25) is 9.59 Å². The van der Waals surface area contributed by atoms with Gasteiger partial charge in [-0.25, -0.2) is 0 Å². The molecule has 0 atom stereocenters. The van der Waals surface area contributed by atoms with E-state index in [1.165, 1.54) is 11.1 Å². The first-order valence-electron chi connectivity index (χ1n) is 9.40. The lowest BCUT2D eigenvalue weighted by molar-refractivity contribution is -0.118. The number of nitrogens with zero attached hydrogens (tertiary/aromatic N) is 1. The number of rotatable bonds is 3. The van der Waals surface area contributed by atoms with Gasteiger partial charge in [0.2, 0.25) is 0 Å². The van der Waals surface area contributed by atoms with E-state index in [-0.39, 0.29) is 17.9 Å². The van der Waals surface area contributed by atoms with E-state index in [1.807, 2.05) is 56.3 Å². The SMILES string of the molecule is CC1=CC=C2CC(=C1)C=C(C(=O)NC(C)C)N2.CN(C)C(=O)c1ccccc1. The van der Waals surface area contributed by atoms with Gasteiger partial charge in [-0.05, 0) is 50.6 Å². The molecule has 1 aliphatic carbocycles. The van der Waals surface area contributed by atoms with Crippen LogP contribution in [0, 0.1) is 0 Å². The summed E-state index contributed by atoms with van der Waals surface area (Å²) in [4.78, 5) is 24.8. The molecule has 3 rings (SSSR count). The molecule has 0 spiro atoms. The highest BCUT2D eigenvalue weighted by Crippen LogP contribution is 2.23. The number of hydrogen-bond donors (Lipinski definition) is 2. The molecular formula is C23H29N3O2. The van der Waals surface area contributed by atoms with Crippen LogP contribution >= 0.6 is 0 Å². The fourth-order valence-electron chi connectivity index (χ4n) is 2.78. The Morgan fingerprint density at radius 2 is 1.75 bits per heavy atom. The van der Waals surface area contributed by atoms with E-state index in [4.69, 9.17) is 0 Å². The Balaban J connectivity index is 0.000000221. The minimum absolute atomic E-state index is 0.0453. The normalized spacial score (nSPS) is 14.8. The number of carbonyl (C=O) groups excluding carboxylic acids is 2. The van der Waals surface area contributed by atoms with Crippen molar-refractivity contribution in [1.82, 2.24) is 15.5 Å². The molecule has 28 heavy (non-hydrogen) atoms. The van der Waals surface area contributed by atoms with Crippen molar-refractivity contribution in [3.63, 3.8) is 0 Å². The Kier molecular flexibility index (Phi) is 7.38. The molecule has 0 aromatic heterocycles. The molecule has 0 saturated heterocycles. The van der Waals surface area contributed by atoms with E-state index < -0.39 is 0 Å². The quantitative estimate of drug-likeness (QED) is 0.844. The van der Waals surface area contributed by atoms with Crippen LogP contribution in [-0.2, 0) is 4.79 Å². The maximum absolute atomic E-state index is 11.9. The van der Waals surface area contributed by atoms with E-state index in [9.17, 15) is 9.59 Å². The molecule has 2 bridgehead atoms. The molecule has 5 nitrogen and oxygen atoms in total. The van der Waals surface area contributed by atoms with Gasteiger partial charge in [-0.2, -0.15) is 0 Å². The Hall–Kier alpha value is -3.08. The summed E-state index contributed by atoms with van der Waals surface area (Å²) < 4.78 is 0. The van der Waals surface area contributed by atoms with Gasteiger partial charge in [0.05, 0.1) is 0 Å². The summed E-state index contributed by atoms with van der Waals surface area (Å²) in [5.41, 5.74) is 4.82. The largest absolute Gasteiger partial charge is 0.354 e. The zero-order chi connectivity index (χ0) is 20.7. The zero-order valence-corrected chi connectivity index (χ0v) is 17.2.